The summed E-state index contributed by atoms with van der Waals surface area (Å²) in [6.07, 6.45) is -0.104. The van der Waals surface area contributed by atoms with Gasteiger partial charge in [-0.2, -0.15) is 4.98 Å². The second kappa shape index (κ2) is 19.2. The lowest BCUT2D eigenvalue weighted by molar-refractivity contribution is -0.128. The van der Waals surface area contributed by atoms with Crippen LogP contribution >= 0.6 is 0 Å². The number of aryl methyl sites for hydroxylation is 1. The maximum absolute atomic E-state index is 13.9. The van der Waals surface area contributed by atoms with Crippen molar-refractivity contribution in [2.45, 2.75) is 97.6 Å². The molecule has 4 amide bonds. The molecule has 4 rings (SSSR count). The number of hydrogen-bond acceptors (Lipinski definition) is 10. The minimum absolute atomic E-state index is 0.00313. The summed E-state index contributed by atoms with van der Waals surface area (Å²) in [4.78, 5) is 70.1. The number of carbonyl (C=O) groups excluding carboxylic acids is 4. The fourth-order valence-electron chi connectivity index (χ4n) is 5.49. The van der Waals surface area contributed by atoms with Crippen LogP contribution in [0.15, 0.2) is 82.0 Å². The van der Waals surface area contributed by atoms with E-state index in [9.17, 15) is 24.0 Å². The molecule has 54 heavy (non-hydrogen) atoms. The van der Waals surface area contributed by atoms with E-state index in [1.807, 2.05) is 74.5 Å². The molecule has 0 aliphatic rings. The number of rotatable bonds is 16. The van der Waals surface area contributed by atoms with Crippen LogP contribution in [0.2, 0.25) is 0 Å². The number of unbranched alkanes of at least 4 members (excludes halogenated alkanes) is 1. The average Bonchev–Trinajstić information content (AvgIpc) is 3.09. The van der Waals surface area contributed by atoms with Gasteiger partial charge in [-0.05, 0) is 89.6 Å². The van der Waals surface area contributed by atoms with Crippen molar-refractivity contribution in [1.82, 2.24) is 20.9 Å². The maximum Gasteiger partial charge on any atom is 0.408 e. The topological polar surface area (TPSA) is 190 Å². The Bertz CT molecular complexity index is 1940. The third-order valence-electron chi connectivity index (χ3n) is 7.93. The smallest absolute Gasteiger partial charge is 0.408 e. The summed E-state index contributed by atoms with van der Waals surface area (Å²) in [7, 11) is 0. The van der Waals surface area contributed by atoms with Crippen LogP contribution in [0.3, 0.4) is 0 Å². The monoisotopic (exact) mass is 742 g/mol. The highest BCUT2D eigenvalue weighted by Crippen LogP contribution is 2.22. The average molecular weight is 743 g/mol. The van der Waals surface area contributed by atoms with Crippen molar-refractivity contribution >= 4 is 46.6 Å². The molecule has 0 saturated heterocycles. The van der Waals surface area contributed by atoms with Gasteiger partial charge in [0, 0.05) is 24.7 Å². The maximum atomic E-state index is 13.9. The lowest BCUT2D eigenvalue weighted by Gasteiger charge is -2.23. The van der Waals surface area contributed by atoms with E-state index in [-0.39, 0.29) is 43.4 Å². The normalized spacial score (nSPS) is 12.4. The Labute approximate surface area is 314 Å². The number of alkyl carbamates (subject to hydrolysis) is 2. The van der Waals surface area contributed by atoms with E-state index in [1.165, 1.54) is 0 Å². The van der Waals surface area contributed by atoms with Crippen LogP contribution in [-0.2, 0) is 32.1 Å². The highest BCUT2D eigenvalue weighted by molar-refractivity contribution is 6.00. The van der Waals surface area contributed by atoms with Crippen molar-refractivity contribution in [2.75, 3.05) is 17.2 Å². The van der Waals surface area contributed by atoms with Crippen LogP contribution in [0.25, 0.3) is 10.9 Å². The van der Waals surface area contributed by atoms with Crippen molar-refractivity contribution in [3.63, 3.8) is 0 Å². The van der Waals surface area contributed by atoms with Gasteiger partial charge in [0.2, 0.25) is 11.8 Å². The van der Waals surface area contributed by atoms with Gasteiger partial charge in [0.25, 0.3) is 6.01 Å². The molecule has 0 bridgehead atoms. The minimum Gasteiger partial charge on any atom is -0.445 e. The van der Waals surface area contributed by atoms with E-state index in [0.717, 1.165) is 11.1 Å². The number of carbonyl (C=O) groups is 4. The fourth-order valence-corrected chi connectivity index (χ4v) is 5.49. The van der Waals surface area contributed by atoms with Crippen molar-refractivity contribution in [3.8, 4) is 0 Å². The molecule has 1 aromatic heterocycles. The van der Waals surface area contributed by atoms with Crippen LogP contribution in [0.1, 0.15) is 70.6 Å². The Balaban J connectivity index is 1.52. The highest BCUT2D eigenvalue weighted by atomic mass is 16.6. The second-order valence-corrected chi connectivity index (χ2v) is 14.2. The van der Waals surface area contributed by atoms with Crippen LogP contribution in [0.4, 0.5) is 21.3 Å². The number of nitrogens with one attached hydrogen (secondary N) is 5. The Morgan fingerprint density at radius 3 is 2.15 bits per heavy atom. The quantitative estimate of drug-likeness (QED) is 0.0855. The third-order valence-corrected chi connectivity index (χ3v) is 7.93. The highest BCUT2D eigenvalue weighted by Gasteiger charge is 2.28. The van der Waals surface area contributed by atoms with Crippen LogP contribution in [-0.4, -0.2) is 59.3 Å². The molecule has 14 nitrogen and oxygen atoms in total. The number of hydrogen-bond donors (Lipinski definition) is 5. The first-order chi connectivity index (χ1) is 25.7. The van der Waals surface area contributed by atoms with Gasteiger partial charge in [-0.1, -0.05) is 60.7 Å². The van der Waals surface area contributed by atoms with Crippen LogP contribution < -0.4 is 32.2 Å². The summed E-state index contributed by atoms with van der Waals surface area (Å²) in [5.74, 6) is -1.12. The standard InChI is InChI=1S/C40H50N6O8/c1-25(2)42-37-45-31-23-29(21-26(3)33(31)36(49)53-37)43-35(48)32(22-27-15-9-7-10-16-27)44-34(47)30(19-13-14-20-41-38(50)54-40(4,5)6)46-39(51)52-24-28-17-11-8-12-18-28/h7-12,15-18,21,23,25,30,32H,13-14,19-20,22,24H2,1-6H3,(H,41,50)(H,42,45)(H,43,48)(H,44,47)(H,46,51)/t30-,32-/m0/s1. The SMILES string of the molecule is Cc1cc(NC(=O)[C@H](Cc2ccccc2)NC(=O)[C@H](CCCCNC(=O)OC(C)(C)C)NC(=O)OCc2ccccc2)cc2nc(NC(C)C)oc(=O)c12. The summed E-state index contributed by atoms with van der Waals surface area (Å²) in [5.41, 5.74) is 1.59. The molecule has 0 radical (unpaired) electrons. The Kier molecular flexibility index (Phi) is 14.6. The number of fused-ring (bicyclic) bond motifs is 1. The molecule has 288 valence electrons. The molecule has 3 aromatic carbocycles. The number of aromatic nitrogens is 1. The first-order valence-electron chi connectivity index (χ1n) is 18.0. The number of anilines is 2. The van der Waals surface area contributed by atoms with Crippen molar-refractivity contribution in [1.29, 1.82) is 0 Å². The molecule has 0 aliphatic carbocycles. The van der Waals surface area contributed by atoms with Crippen LogP contribution in [0, 0.1) is 6.92 Å². The van der Waals surface area contributed by atoms with Gasteiger partial charge in [-0.3, -0.25) is 9.59 Å². The molecule has 0 aliphatic heterocycles. The summed E-state index contributed by atoms with van der Waals surface area (Å²) in [6.45, 7) is 11.1. The van der Waals surface area contributed by atoms with Gasteiger partial charge in [0.1, 0.15) is 24.3 Å². The van der Waals surface area contributed by atoms with Gasteiger partial charge < -0.3 is 40.5 Å². The molecule has 5 N–H and O–H groups in total. The molecular formula is C40H50N6O8. The Morgan fingerprint density at radius 2 is 1.50 bits per heavy atom. The molecule has 0 unspecified atom stereocenters. The van der Waals surface area contributed by atoms with Crippen LogP contribution in [0.5, 0.6) is 0 Å². The first-order valence-corrected chi connectivity index (χ1v) is 18.0. The minimum atomic E-state index is -1.07. The zero-order valence-corrected chi connectivity index (χ0v) is 31.6. The number of amides is 4. The number of nitrogens with zero attached hydrogens (tertiary/aromatic N) is 1. The molecule has 0 spiro atoms. The third kappa shape index (κ3) is 13.2. The van der Waals surface area contributed by atoms with Crippen molar-refractivity contribution in [3.05, 3.63) is 99.9 Å². The number of ether oxygens (including phenoxy) is 2. The molecule has 14 heteroatoms. The van der Waals surface area contributed by atoms with Gasteiger partial charge in [-0.15, -0.1) is 0 Å². The Morgan fingerprint density at radius 1 is 0.833 bits per heavy atom. The van der Waals surface area contributed by atoms with Gasteiger partial charge in [-0.25, -0.2) is 14.4 Å². The summed E-state index contributed by atoms with van der Waals surface area (Å²) in [6, 6.07) is 19.4. The zero-order valence-electron chi connectivity index (χ0n) is 31.6. The summed E-state index contributed by atoms with van der Waals surface area (Å²) in [5, 5.41) is 14.3. The van der Waals surface area contributed by atoms with E-state index in [1.54, 1.807) is 39.8 Å². The largest absolute Gasteiger partial charge is 0.445 e. The van der Waals surface area contributed by atoms with E-state index in [0.29, 0.717) is 29.6 Å². The van der Waals surface area contributed by atoms with E-state index >= 15 is 0 Å². The summed E-state index contributed by atoms with van der Waals surface area (Å²) < 4.78 is 16.0. The zero-order chi connectivity index (χ0) is 39.3. The molecule has 2 atom stereocenters. The van der Waals surface area contributed by atoms with Crippen molar-refractivity contribution < 1.29 is 33.1 Å². The van der Waals surface area contributed by atoms with E-state index in [2.05, 4.69) is 31.6 Å². The molecular weight excluding hydrogens is 692 g/mol. The predicted molar refractivity (Wildman–Crippen MR) is 206 cm³/mol. The predicted octanol–water partition coefficient (Wildman–Crippen LogP) is 5.97. The lowest BCUT2D eigenvalue weighted by atomic mass is 10.0. The lowest BCUT2D eigenvalue weighted by Crippen LogP contribution is -2.53. The molecule has 0 fully saturated rings. The molecule has 4 aromatic rings. The first kappa shape index (κ1) is 40.8. The van der Waals surface area contributed by atoms with Crippen molar-refractivity contribution in [2.24, 2.45) is 0 Å². The van der Waals surface area contributed by atoms with Gasteiger partial charge in [0.15, 0.2) is 0 Å². The summed E-state index contributed by atoms with van der Waals surface area (Å²) >= 11 is 0. The van der Waals surface area contributed by atoms with Gasteiger partial charge >= 0.3 is 17.8 Å². The van der Waals surface area contributed by atoms with E-state index in [4.69, 9.17) is 13.9 Å². The molecule has 0 saturated carbocycles. The second-order valence-electron chi connectivity index (χ2n) is 14.2. The van der Waals surface area contributed by atoms with Gasteiger partial charge in [0.05, 0.1) is 10.9 Å². The Hall–Kier alpha value is -5.92. The van der Waals surface area contributed by atoms with E-state index < -0.39 is 47.3 Å². The molecule has 1 heterocycles. The fraction of sp³-hybridized carbons (Fsp3) is 0.400. The number of benzene rings is 3.